The van der Waals surface area contributed by atoms with Gasteiger partial charge in [-0.1, -0.05) is 24.3 Å². The summed E-state index contributed by atoms with van der Waals surface area (Å²) in [6.45, 7) is 0. The molecule has 1 heterocycles. The van der Waals surface area contributed by atoms with Crippen LogP contribution in [0.15, 0.2) is 65.7 Å². The van der Waals surface area contributed by atoms with Crippen molar-refractivity contribution in [3.63, 3.8) is 0 Å². The number of sulfone groups is 1. The van der Waals surface area contributed by atoms with E-state index in [1.54, 1.807) is 30.5 Å². The second kappa shape index (κ2) is 6.29. The minimum Gasteiger partial charge on any atom is -0.322 e. The number of nitrogens with zero attached hydrogens (tertiary/aromatic N) is 1. The van der Waals surface area contributed by atoms with Gasteiger partial charge in [0, 0.05) is 18.1 Å². The van der Waals surface area contributed by atoms with E-state index in [4.69, 9.17) is 0 Å². The summed E-state index contributed by atoms with van der Waals surface area (Å²) in [5, 5.41) is 9.46. The molecule has 0 aliphatic carbocycles. The number of aromatic nitrogens is 2. The second-order valence-corrected chi connectivity index (χ2v) is 7.25. The van der Waals surface area contributed by atoms with Gasteiger partial charge in [-0.05, 0) is 35.9 Å². The highest BCUT2D eigenvalue weighted by Gasteiger charge is 2.18. The molecule has 0 saturated heterocycles. The van der Waals surface area contributed by atoms with E-state index in [9.17, 15) is 13.2 Å². The molecule has 0 aliphatic rings. The van der Waals surface area contributed by atoms with Crippen LogP contribution in [0.4, 0.5) is 5.69 Å². The highest BCUT2D eigenvalue weighted by molar-refractivity contribution is 7.90. The summed E-state index contributed by atoms with van der Waals surface area (Å²) in [7, 11) is -3.48. The molecule has 1 amide bonds. The Morgan fingerprint density at radius 3 is 2.38 bits per heavy atom. The van der Waals surface area contributed by atoms with E-state index in [1.165, 1.54) is 12.1 Å². The predicted octanol–water partition coefficient (Wildman–Crippen LogP) is 2.73. The van der Waals surface area contributed by atoms with Crippen molar-refractivity contribution in [2.75, 3.05) is 11.6 Å². The maximum atomic E-state index is 12.4. The Morgan fingerprint density at radius 1 is 1.04 bits per heavy atom. The topological polar surface area (TPSA) is 91.9 Å². The van der Waals surface area contributed by atoms with Crippen LogP contribution in [-0.4, -0.2) is 30.8 Å². The number of anilines is 1. The SMILES string of the molecule is CS(=O)(=O)c1ccccc1C(=O)Nc1ccc(-c2ccn[nH]2)cc1. The number of amides is 1. The van der Waals surface area contributed by atoms with Crippen LogP contribution in [0.2, 0.25) is 0 Å². The molecular weight excluding hydrogens is 326 g/mol. The minimum atomic E-state index is -3.48. The molecular formula is C17H15N3O3S. The maximum Gasteiger partial charge on any atom is 0.256 e. The monoisotopic (exact) mass is 341 g/mol. The van der Waals surface area contributed by atoms with Crippen LogP contribution in [0.1, 0.15) is 10.4 Å². The molecule has 0 saturated carbocycles. The van der Waals surface area contributed by atoms with Crippen LogP contribution in [0, 0.1) is 0 Å². The minimum absolute atomic E-state index is 0.0107. The van der Waals surface area contributed by atoms with Gasteiger partial charge < -0.3 is 5.32 Å². The number of aromatic amines is 1. The van der Waals surface area contributed by atoms with Gasteiger partial charge in [0.05, 0.1) is 16.2 Å². The molecule has 122 valence electrons. The number of carbonyl (C=O) groups is 1. The fourth-order valence-corrected chi connectivity index (χ4v) is 3.21. The molecule has 0 radical (unpaired) electrons. The predicted molar refractivity (Wildman–Crippen MR) is 91.5 cm³/mol. The van der Waals surface area contributed by atoms with Crippen molar-refractivity contribution in [3.05, 3.63) is 66.4 Å². The van der Waals surface area contributed by atoms with Crippen LogP contribution in [0.5, 0.6) is 0 Å². The molecule has 24 heavy (non-hydrogen) atoms. The smallest absolute Gasteiger partial charge is 0.256 e. The zero-order valence-corrected chi connectivity index (χ0v) is 13.7. The van der Waals surface area contributed by atoms with E-state index >= 15 is 0 Å². The number of hydrogen-bond acceptors (Lipinski definition) is 4. The number of carbonyl (C=O) groups excluding carboxylic acids is 1. The van der Waals surface area contributed by atoms with Crippen LogP contribution >= 0.6 is 0 Å². The third-order valence-corrected chi connectivity index (χ3v) is 4.64. The zero-order chi connectivity index (χ0) is 17.2. The summed E-state index contributed by atoms with van der Waals surface area (Å²) in [5.41, 5.74) is 2.50. The highest BCUT2D eigenvalue weighted by atomic mass is 32.2. The summed E-state index contributed by atoms with van der Waals surface area (Å²) >= 11 is 0. The molecule has 0 aliphatic heterocycles. The fraction of sp³-hybridized carbons (Fsp3) is 0.0588. The molecule has 0 spiro atoms. The van der Waals surface area contributed by atoms with E-state index in [2.05, 4.69) is 15.5 Å². The molecule has 6 nitrogen and oxygen atoms in total. The Balaban J connectivity index is 1.83. The first-order chi connectivity index (χ1) is 11.4. The fourth-order valence-electron chi connectivity index (χ4n) is 2.33. The Labute approximate surface area is 139 Å². The van der Waals surface area contributed by atoms with Crippen LogP contribution < -0.4 is 5.32 Å². The lowest BCUT2D eigenvalue weighted by Crippen LogP contribution is -2.15. The van der Waals surface area contributed by atoms with Gasteiger partial charge in [0.1, 0.15) is 0 Å². The van der Waals surface area contributed by atoms with Gasteiger partial charge in [-0.15, -0.1) is 0 Å². The average Bonchev–Trinajstić information content (AvgIpc) is 3.09. The number of hydrogen-bond donors (Lipinski definition) is 2. The Kier molecular flexibility index (Phi) is 4.18. The molecule has 2 aromatic carbocycles. The Morgan fingerprint density at radius 2 is 1.75 bits per heavy atom. The van der Waals surface area contributed by atoms with Crippen LogP contribution in [0.3, 0.4) is 0 Å². The van der Waals surface area contributed by atoms with Gasteiger partial charge in [0.25, 0.3) is 5.91 Å². The third kappa shape index (κ3) is 3.36. The molecule has 2 N–H and O–H groups in total. The highest BCUT2D eigenvalue weighted by Crippen LogP contribution is 2.21. The molecule has 3 rings (SSSR count). The normalized spacial score (nSPS) is 11.2. The Hall–Kier alpha value is -2.93. The van der Waals surface area contributed by atoms with E-state index in [1.807, 2.05) is 18.2 Å². The average molecular weight is 341 g/mol. The van der Waals surface area contributed by atoms with Crippen molar-refractivity contribution in [2.45, 2.75) is 4.90 Å². The summed E-state index contributed by atoms with van der Waals surface area (Å²) < 4.78 is 23.6. The van der Waals surface area contributed by atoms with Crippen molar-refractivity contribution < 1.29 is 13.2 Å². The van der Waals surface area contributed by atoms with Gasteiger partial charge >= 0.3 is 0 Å². The standard InChI is InChI=1S/C17H15N3O3S/c1-24(22,23)16-5-3-2-4-14(16)17(21)19-13-8-6-12(7-9-13)15-10-11-18-20-15/h2-11H,1H3,(H,18,20)(H,19,21). The first-order valence-electron chi connectivity index (χ1n) is 7.15. The van der Waals surface area contributed by atoms with Gasteiger partial charge in [-0.25, -0.2) is 8.42 Å². The number of H-pyrrole nitrogens is 1. The van der Waals surface area contributed by atoms with Crippen molar-refractivity contribution in [2.24, 2.45) is 0 Å². The first kappa shape index (κ1) is 15.9. The molecule has 0 unspecified atom stereocenters. The number of benzene rings is 2. The maximum absolute atomic E-state index is 12.4. The van der Waals surface area contributed by atoms with E-state index in [0.29, 0.717) is 5.69 Å². The number of nitrogens with one attached hydrogen (secondary N) is 2. The van der Waals surface area contributed by atoms with Gasteiger partial charge in [0.2, 0.25) is 0 Å². The van der Waals surface area contributed by atoms with Gasteiger partial charge in [-0.2, -0.15) is 5.10 Å². The quantitative estimate of drug-likeness (QED) is 0.763. The summed E-state index contributed by atoms with van der Waals surface area (Å²) in [4.78, 5) is 12.4. The zero-order valence-electron chi connectivity index (χ0n) is 12.9. The Bertz CT molecular complexity index is 963. The van der Waals surface area contributed by atoms with Gasteiger partial charge in [0.15, 0.2) is 9.84 Å². The molecule has 7 heteroatoms. The summed E-state index contributed by atoms with van der Waals surface area (Å²) in [6, 6.07) is 15.1. The van der Waals surface area contributed by atoms with Crippen LogP contribution in [-0.2, 0) is 9.84 Å². The first-order valence-corrected chi connectivity index (χ1v) is 9.04. The molecule has 0 bridgehead atoms. The van der Waals surface area contributed by atoms with Gasteiger partial charge in [-0.3, -0.25) is 9.89 Å². The lowest BCUT2D eigenvalue weighted by Gasteiger charge is -2.09. The lowest BCUT2D eigenvalue weighted by atomic mass is 10.1. The lowest BCUT2D eigenvalue weighted by molar-refractivity contribution is 0.102. The largest absolute Gasteiger partial charge is 0.322 e. The number of rotatable bonds is 4. The third-order valence-electron chi connectivity index (χ3n) is 3.49. The molecule has 0 fully saturated rings. The van der Waals surface area contributed by atoms with Crippen molar-refractivity contribution in [1.82, 2.24) is 10.2 Å². The van der Waals surface area contributed by atoms with Crippen molar-refractivity contribution in [3.8, 4) is 11.3 Å². The van der Waals surface area contributed by atoms with Crippen LogP contribution in [0.25, 0.3) is 11.3 Å². The van der Waals surface area contributed by atoms with Crippen molar-refractivity contribution in [1.29, 1.82) is 0 Å². The second-order valence-electron chi connectivity index (χ2n) is 5.27. The molecule has 1 aromatic heterocycles. The summed E-state index contributed by atoms with van der Waals surface area (Å²) in [5.74, 6) is -0.467. The van der Waals surface area contributed by atoms with E-state index < -0.39 is 15.7 Å². The molecule has 0 atom stereocenters. The van der Waals surface area contributed by atoms with E-state index in [0.717, 1.165) is 17.5 Å². The summed E-state index contributed by atoms with van der Waals surface area (Å²) in [6.07, 6.45) is 2.74. The molecule has 3 aromatic rings. The van der Waals surface area contributed by atoms with Crippen molar-refractivity contribution >= 4 is 21.4 Å². The van der Waals surface area contributed by atoms with E-state index in [-0.39, 0.29) is 10.5 Å².